The second-order valence-electron chi connectivity index (χ2n) is 6.43. The second-order valence-corrected chi connectivity index (χ2v) is 6.43. The zero-order chi connectivity index (χ0) is 21.6. The van der Waals surface area contributed by atoms with E-state index in [-0.39, 0.29) is 29.1 Å². The Kier molecular flexibility index (Phi) is 7.24. The Morgan fingerprint density at radius 3 is 2.55 bits per heavy atom. The van der Waals surface area contributed by atoms with E-state index in [9.17, 15) is 24.0 Å². The summed E-state index contributed by atoms with van der Waals surface area (Å²) in [4.78, 5) is 61.3. The van der Waals surface area contributed by atoms with Crippen LogP contribution in [-0.2, 0) is 14.3 Å². The van der Waals surface area contributed by atoms with Gasteiger partial charge in [-0.15, -0.1) is 6.58 Å². The highest BCUT2D eigenvalue weighted by Gasteiger charge is 2.35. The molecule has 0 spiro atoms. The number of carbonyl (C=O) groups is 5. The van der Waals surface area contributed by atoms with Gasteiger partial charge in [0.15, 0.2) is 6.61 Å². The van der Waals surface area contributed by atoms with Gasteiger partial charge in [0.25, 0.3) is 17.7 Å². The van der Waals surface area contributed by atoms with Crippen LogP contribution in [-0.4, -0.2) is 60.2 Å². The SMILES string of the molecule is C=CCN1C(=O)c2ccc(C(=O)OCC(=O)N[C@@H](C)C(=O)NCCC)cc2C1=O. The molecule has 1 aromatic rings. The molecule has 0 aliphatic carbocycles. The third-order valence-electron chi connectivity index (χ3n) is 4.17. The Hall–Kier alpha value is -3.49. The lowest BCUT2D eigenvalue weighted by Gasteiger charge is -2.13. The monoisotopic (exact) mass is 401 g/mol. The topological polar surface area (TPSA) is 122 Å². The Balaban J connectivity index is 1.95. The number of fused-ring (bicyclic) bond motifs is 1. The lowest BCUT2D eigenvalue weighted by Crippen LogP contribution is -2.46. The molecule has 29 heavy (non-hydrogen) atoms. The minimum Gasteiger partial charge on any atom is -0.452 e. The van der Waals surface area contributed by atoms with Gasteiger partial charge in [-0.3, -0.25) is 24.1 Å². The molecule has 9 nitrogen and oxygen atoms in total. The first-order valence-corrected chi connectivity index (χ1v) is 9.15. The molecule has 1 aliphatic heterocycles. The average molecular weight is 401 g/mol. The van der Waals surface area contributed by atoms with Crippen LogP contribution >= 0.6 is 0 Å². The zero-order valence-corrected chi connectivity index (χ0v) is 16.3. The molecule has 1 aromatic carbocycles. The largest absolute Gasteiger partial charge is 0.452 e. The predicted molar refractivity (Wildman–Crippen MR) is 103 cm³/mol. The standard InChI is InChI=1S/C20H23N3O6/c1-4-8-21-17(25)12(3)22-16(24)11-29-20(28)13-6-7-14-15(10-13)19(27)23(9-5-2)18(14)26/h5-7,10,12H,2,4,8-9,11H2,1,3H3,(H,21,25)(H,22,24)/t12-/m0/s1. The maximum absolute atomic E-state index is 12.3. The molecule has 0 fully saturated rings. The fourth-order valence-electron chi connectivity index (χ4n) is 2.68. The fourth-order valence-corrected chi connectivity index (χ4v) is 2.68. The summed E-state index contributed by atoms with van der Waals surface area (Å²) in [5, 5.41) is 5.07. The van der Waals surface area contributed by atoms with Crippen LogP contribution < -0.4 is 10.6 Å². The summed E-state index contributed by atoms with van der Waals surface area (Å²) in [6.45, 7) is 6.90. The number of ether oxygens (including phenoxy) is 1. The number of esters is 1. The number of rotatable bonds is 9. The number of benzene rings is 1. The van der Waals surface area contributed by atoms with Gasteiger partial charge in [0.1, 0.15) is 6.04 Å². The molecule has 2 rings (SSSR count). The summed E-state index contributed by atoms with van der Waals surface area (Å²) < 4.78 is 4.94. The van der Waals surface area contributed by atoms with E-state index in [1.54, 1.807) is 0 Å². The molecule has 0 bridgehead atoms. The molecule has 0 saturated carbocycles. The van der Waals surface area contributed by atoms with Crippen molar-refractivity contribution in [3.05, 3.63) is 47.5 Å². The molecule has 0 radical (unpaired) electrons. The highest BCUT2D eigenvalue weighted by atomic mass is 16.5. The summed E-state index contributed by atoms with van der Waals surface area (Å²) in [6.07, 6.45) is 2.20. The van der Waals surface area contributed by atoms with Crippen LogP contribution in [0.25, 0.3) is 0 Å². The maximum atomic E-state index is 12.3. The van der Waals surface area contributed by atoms with Crippen molar-refractivity contribution < 1.29 is 28.7 Å². The van der Waals surface area contributed by atoms with Crippen LogP contribution in [0.15, 0.2) is 30.9 Å². The lowest BCUT2D eigenvalue weighted by atomic mass is 10.1. The average Bonchev–Trinajstić information content (AvgIpc) is 2.94. The number of hydrogen-bond acceptors (Lipinski definition) is 6. The van der Waals surface area contributed by atoms with Crippen molar-refractivity contribution in [2.75, 3.05) is 19.7 Å². The Morgan fingerprint density at radius 2 is 1.90 bits per heavy atom. The van der Waals surface area contributed by atoms with Crippen LogP contribution in [0, 0.1) is 0 Å². The molecule has 1 aliphatic rings. The van der Waals surface area contributed by atoms with Gasteiger partial charge in [0.2, 0.25) is 5.91 Å². The quantitative estimate of drug-likeness (QED) is 0.356. The van der Waals surface area contributed by atoms with Crippen molar-refractivity contribution in [1.29, 1.82) is 0 Å². The van der Waals surface area contributed by atoms with Gasteiger partial charge < -0.3 is 15.4 Å². The minimum absolute atomic E-state index is 0.0342. The molecule has 2 N–H and O–H groups in total. The molecule has 0 saturated heterocycles. The maximum Gasteiger partial charge on any atom is 0.338 e. The third-order valence-corrected chi connectivity index (χ3v) is 4.17. The number of carbonyl (C=O) groups excluding carboxylic acids is 5. The Bertz CT molecular complexity index is 864. The van der Waals surface area contributed by atoms with Crippen LogP contribution in [0.4, 0.5) is 0 Å². The van der Waals surface area contributed by atoms with E-state index in [1.807, 2.05) is 6.92 Å². The molecule has 154 valence electrons. The predicted octanol–water partition coefficient (Wildman–Crippen LogP) is 0.656. The van der Waals surface area contributed by atoms with E-state index in [4.69, 9.17) is 4.74 Å². The van der Waals surface area contributed by atoms with E-state index in [2.05, 4.69) is 17.2 Å². The number of amides is 4. The number of hydrogen-bond donors (Lipinski definition) is 2. The second kappa shape index (κ2) is 9.63. The summed E-state index contributed by atoms with van der Waals surface area (Å²) in [5.74, 6) is -2.78. The summed E-state index contributed by atoms with van der Waals surface area (Å²) >= 11 is 0. The van der Waals surface area contributed by atoms with Crippen molar-refractivity contribution in [3.8, 4) is 0 Å². The highest BCUT2D eigenvalue weighted by molar-refractivity contribution is 6.22. The fraction of sp³-hybridized carbons (Fsp3) is 0.350. The number of imide groups is 1. The first-order valence-electron chi connectivity index (χ1n) is 9.15. The summed E-state index contributed by atoms with van der Waals surface area (Å²) in [7, 11) is 0. The van der Waals surface area contributed by atoms with Crippen LogP contribution in [0.2, 0.25) is 0 Å². The molecule has 1 heterocycles. The van der Waals surface area contributed by atoms with Gasteiger partial charge in [-0.05, 0) is 31.5 Å². The van der Waals surface area contributed by atoms with E-state index in [1.165, 1.54) is 31.2 Å². The number of nitrogens with one attached hydrogen (secondary N) is 2. The van der Waals surface area contributed by atoms with Crippen molar-refractivity contribution in [1.82, 2.24) is 15.5 Å². The number of nitrogens with zero attached hydrogens (tertiary/aromatic N) is 1. The lowest BCUT2D eigenvalue weighted by molar-refractivity contribution is -0.130. The smallest absolute Gasteiger partial charge is 0.338 e. The van der Waals surface area contributed by atoms with Gasteiger partial charge in [0, 0.05) is 13.1 Å². The molecule has 9 heteroatoms. The first-order chi connectivity index (χ1) is 13.8. The van der Waals surface area contributed by atoms with Crippen molar-refractivity contribution >= 4 is 29.6 Å². The summed E-state index contributed by atoms with van der Waals surface area (Å²) in [5.41, 5.74) is 0.321. The van der Waals surface area contributed by atoms with Crippen molar-refractivity contribution in [2.45, 2.75) is 26.3 Å². The van der Waals surface area contributed by atoms with E-state index >= 15 is 0 Å². The molecule has 0 unspecified atom stereocenters. The zero-order valence-electron chi connectivity index (χ0n) is 16.3. The van der Waals surface area contributed by atoms with Crippen LogP contribution in [0.5, 0.6) is 0 Å². The minimum atomic E-state index is -0.826. The van der Waals surface area contributed by atoms with Crippen LogP contribution in [0.1, 0.15) is 51.3 Å². The van der Waals surface area contributed by atoms with Gasteiger partial charge in [-0.25, -0.2) is 4.79 Å². The van der Waals surface area contributed by atoms with E-state index in [0.717, 1.165) is 11.3 Å². The van der Waals surface area contributed by atoms with Crippen molar-refractivity contribution in [3.63, 3.8) is 0 Å². The molecule has 1 atom stereocenters. The van der Waals surface area contributed by atoms with Gasteiger partial charge in [-0.2, -0.15) is 0 Å². The normalized spacial score (nSPS) is 13.5. The summed E-state index contributed by atoms with van der Waals surface area (Å²) in [6, 6.07) is 3.21. The molecule has 0 aromatic heterocycles. The first kappa shape index (κ1) is 21.8. The highest BCUT2D eigenvalue weighted by Crippen LogP contribution is 2.24. The Morgan fingerprint density at radius 1 is 1.21 bits per heavy atom. The molecular formula is C20H23N3O6. The van der Waals surface area contributed by atoms with Gasteiger partial charge in [-0.1, -0.05) is 13.0 Å². The van der Waals surface area contributed by atoms with E-state index in [0.29, 0.717) is 6.54 Å². The van der Waals surface area contributed by atoms with E-state index < -0.39 is 36.3 Å². The molecular weight excluding hydrogens is 378 g/mol. The van der Waals surface area contributed by atoms with Gasteiger partial charge >= 0.3 is 5.97 Å². The molecule has 4 amide bonds. The van der Waals surface area contributed by atoms with Crippen molar-refractivity contribution in [2.24, 2.45) is 0 Å². The van der Waals surface area contributed by atoms with Crippen LogP contribution in [0.3, 0.4) is 0 Å². The third kappa shape index (κ3) is 5.07. The van der Waals surface area contributed by atoms with Gasteiger partial charge in [0.05, 0.1) is 16.7 Å². The Labute approximate surface area is 168 Å².